The van der Waals surface area contributed by atoms with Crippen LogP contribution in [0, 0.1) is 10.1 Å². The number of hydrogen-bond acceptors (Lipinski definition) is 2. The predicted octanol–water partition coefficient (Wildman–Crippen LogP) is 3.01. The molecular weight excluding hydrogens is 194 g/mol. The average Bonchev–Trinajstić information content (AvgIpc) is 2.01. The van der Waals surface area contributed by atoms with Crippen molar-refractivity contribution in [1.82, 2.24) is 0 Å². The number of nitro groups is 1. The summed E-state index contributed by atoms with van der Waals surface area (Å²) in [6.07, 6.45) is 0. The van der Waals surface area contributed by atoms with Crippen molar-refractivity contribution in [2.45, 2.75) is 25.7 Å². The monoisotopic (exact) mass is 209 g/mol. The highest BCUT2D eigenvalue weighted by atomic mass is 28.3. The maximum atomic E-state index is 10.5. The Morgan fingerprint density at radius 2 is 2.00 bits per heavy atom. The minimum atomic E-state index is -1.18. The van der Waals surface area contributed by atoms with E-state index in [1.165, 1.54) is 6.07 Å². The molecule has 0 saturated carbocycles. The molecule has 0 amide bonds. The minimum Gasteiger partial charge on any atom is -0.258 e. The molecule has 0 radical (unpaired) electrons. The lowest BCUT2D eigenvalue weighted by Gasteiger charge is -2.15. The molecule has 1 aromatic carbocycles. The third-order valence-electron chi connectivity index (χ3n) is 1.86. The van der Waals surface area contributed by atoms with E-state index in [0.29, 0.717) is 0 Å². The van der Waals surface area contributed by atoms with Crippen molar-refractivity contribution in [3.05, 3.63) is 39.9 Å². The first-order valence-electron chi connectivity index (χ1n) is 4.62. The Balaban J connectivity index is 2.89. The molecule has 0 saturated heterocycles. The van der Waals surface area contributed by atoms with E-state index >= 15 is 0 Å². The van der Waals surface area contributed by atoms with Crippen molar-refractivity contribution < 1.29 is 4.92 Å². The Morgan fingerprint density at radius 1 is 1.36 bits per heavy atom. The maximum Gasteiger partial charge on any atom is 0.269 e. The number of rotatable bonds is 3. The maximum absolute atomic E-state index is 10.5. The molecule has 3 nitrogen and oxygen atoms in total. The molecule has 1 aromatic rings. The third-order valence-corrected chi connectivity index (χ3v) is 3.32. The van der Waals surface area contributed by atoms with Gasteiger partial charge < -0.3 is 0 Å². The highest BCUT2D eigenvalue weighted by molar-refractivity contribution is 6.75. The first-order chi connectivity index (χ1) is 6.38. The molecule has 0 aliphatic carbocycles. The number of nitrogens with zero attached hydrogens (tertiary/aromatic N) is 1. The van der Waals surface area contributed by atoms with Gasteiger partial charge in [0.05, 0.1) is 4.92 Å². The highest BCUT2D eigenvalue weighted by Gasteiger charge is 2.15. The van der Waals surface area contributed by atoms with E-state index in [2.05, 4.69) is 19.6 Å². The van der Waals surface area contributed by atoms with Crippen LogP contribution in [0.3, 0.4) is 0 Å². The summed E-state index contributed by atoms with van der Waals surface area (Å²) in [5.41, 5.74) is 1.28. The van der Waals surface area contributed by atoms with E-state index in [1.807, 2.05) is 6.07 Å². The molecule has 0 aromatic heterocycles. The molecule has 0 fully saturated rings. The first-order valence-corrected chi connectivity index (χ1v) is 8.32. The Morgan fingerprint density at radius 3 is 2.50 bits per heavy atom. The molecule has 0 spiro atoms. The second-order valence-corrected chi connectivity index (χ2v) is 10.1. The van der Waals surface area contributed by atoms with Gasteiger partial charge in [0, 0.05) is 20.2 Å². The lowest BCUT2D eigenvalue weighted by atomic mass is 10.2. The molecule has 1 rings (SSSR count). The van der Waals surface area contributed by atoms with Crippen LogP contribution in [-0.4, -0.2) is 13.0 Å². The van der Waals surface area contributed by atoms with Gasteiger partial charge in [-0.05, 0) is 11.6 Å². The van der Waals surface area contributed by atoms with Crippen LogP contribution in [0.2, 0.25) is 19.6 Å². The van der Waals surface area contributed by atoms with Gasteiger partial charge in [-0.25, -0.2) is 0 Å². The van der Waals surface area contributed by atoms with Crippen molar-refractivity contribution in [2.24, 2.45) is 0 Å². The quantitative estimate of drug-likeness (QED) is 0.436. The fourth-order valence-electron chi connectivity index (χ4n) is 1.39. The van der Waals surface area contributed by atoms with Crippen LogP contribution in [0.5, 0.6) is 0 Å². The number of nitro benzene ring substituents is 1. The van der Waals surface area contributed by atoms with Gasteiger partial charge in [0.1, 0.15) is 0 Å². The van der Waals surface area contributed by atoms with E-state index in [1.54, 1.807) is 12.1 Å². The second kappa shape index (κ2) is 3.92. The molecule has 0 aliphatic heterocycles. The zero-order valence-electron chi connectivity index (χ0n) is 8.78. The largest absolute Gasteiger partial charge is 0.269 e. The average molecular weight is 209 g/mol. The molecule has 14 heavy (non-hydrogen) atoms. The zero-order valence-corrected chi connectivity index (χ0v) is 9.78. The fraction of sp³-hybridized carbons (Fsp3) is 0.400. The van der Waals surface area contributed by atoms with Crippen LogP contribution >= 0.6 is 0 Å². The van der Waals surface area contributed by atoms with Gasteiger partial charge in [0.2, 0.25) is 0 Å². The van der Waals surface area contributed by atoms with Gasteiger partial charge in [0.15, 0.2) is 0 Å². The molecule has 0 aliphatic rings. The number of hydrogen-bond donors (Lipinski definition) is 0. The van der Waals surface area contributed by atoms with E-state index in [-0.39, 0.29) is 10.6 Å². The topological polar surface area (TPSA) is 43.1 Å². The van der Waals surface area contributed by atoms with Crippen molar-refractivity contribution in [3.63, 3.8) is 0 Å². The summed E-state index contributed by atoms with van der Waals surface area (Å²) in [5.74, 6) is 0. The zero-order chi connectivity index (χ0) is 10.8. The summed E-state index contributed by atoms with van der Waals surface area (Å²) >= 11 is 0. The van der Waals surface area contributed by atoms with Gasteiger partial charge in [-0.15, -0.1) is 0 Å². The Kier molecular flexibility index (Phi) is 3.05. The number of non-ortho nitro benzene ring substituents is 1. The Labute approximate surface area is 84.9 Å². The van der Waals surface area contributed by atoms with E-state index in [0.717, 1.165) is 11.6 Å². The highest BCUT2D eigenvalue weighted by Crippen LogP contribution is 2.17. The van der Waals surface area contributed by atoms with Crippen molar-refractivity contribution in [3.8, 4) is 0 Å². The van der Waals surface area contributed by atoms with E-state index in [9.17, 15) is 10.1 Å². The molecule has 0 N–H and O–H groups in total. The Hall–Kier alpha value is -1.16. The molecule has 0 heterocycles. The summed E-state index contributed by atoms with van der Waals surface area (Å²) in [6.45, 7) is 6.77. The minimum absolute atomic E-state index is 0.195. The lowest BCUT2D eigenvalue weighted by molar-refractivity contribution is -0.384. The van der Waals surface area contributed by atoms with Crippen LogP contribution in [-0.2, 0) is 6.04 Å². The van der Waals surface area contributed by atoms with Crippen LogP contribution < -0.4 is 0 Å². The van der Waals surface area contributed by atoms with Gasteiger partial charge in [-0.2, -0.15) is 0 Å². The lowest BCUT2D eigenvalue weighted by Crippen LogP contribution is -2.23. The smallest absolute Gasteiger partial charge is 0.258 e. The third kappa shape index (κ3) is 3.30. The summed E-state index contributed by atoms with van der Waals surface area (Å²) in [7, 11) is -1.18. The summed E-state index contributed by atoms with van der Waals surface area (Å²) < 4.78 is 0. The van der Waals surface area contributed by atoms with Crippen LogP contribution in [0.25, 0.3) is 0 Å². The summed E-state index contributed by atoms with van der Waals surface area (Å²) in [6, 6.07) is 7.93. The second-order valence-electron chi connectivity index (χ2n) is 4.66. The van der Waals surface area contributed by atoms with Gasteiger partial charge in [-0.3, -0.25) is 10.1 Å². The predicted molar refractivity (Wildman–Crippen MR) is 60.1 cm³/mol. The van der Waals surface area contributed by atoms with Gasteiger partial charge >= 0.3 is 0 Å². The van der Waals surface area contributed by atoms with Crippen LogP contribution in [0.4, 0.5) is 5.69 Å². The molecule has 76 valence electrons. The van der Waals surface area contributed by atoms with Crippen molar-refractivity contribution in [2.75, 3.05) is 0 Å². The van der Waals surface area contributed by atoms with Gasteiger partial charge in [0.25, 0.3) is 5.69 Å². The van der Waals surface area contributed by atoms with Crippen molar-refractivity contribution in [1.29, 1.82) is 0 Å². The molecule has 0 atom stereocenters. The fourth-order valence-corrected chi connectivity index (χ4v) is 2.84. The molecule has 0 bridgehead atoms. The number of benzene rings is 1. The standard InChI is InChI=1S/C10H15NO2Si/c1-14(2,3)8-9-5-4-6-10(7-9)11(12)13/h4-7H,8H2,1-3H3. The Bertz CT molecular complexity index is 344. The SMILES string of the molecule is C[Si](C)(C)Cc1cccc([N+](=O)[O-])c1. The van der Waals surface area contributed by atoms with E-state index in [4.69, 9.17) is 0 Å². The summed E-state index contributed by atoms with van der Waals surface area (Å²) in [5, 5.41) is 10.5. The normalized spacial score (nSPS) is 11.4. The molecular formula is C10H15NO2Si. The van der Waals surface area contributed by atoms with E-state index < -0.39 is 8.07 Å². The van der Waals surface area contributed by atoms with Crippen LogP contribution in [0.1, 0.15) is 5.56 Å². The molecule has 4 heteroatoms. The van der Waals surface area contributed by atoms with Crippen molar-refractivity contribution >= 4 is 13.8 Å². The molecule has 0 unspecified atom stereocenters. The van der Waals surface area contributed by atoms with Crippen LogP contribution in [0.15, 0.2) is 24.3 Å². The summed E-state index contributed by atoms with van der Waals surface area (Å²) in [4.78, 5) is 10.2. The first kappa shape index (κ1) is 10.9. The van der Waals surface area contributed by atoms with Gasteiger partial charge in [-0.1, -0.05) is 31.8 Å².